The molecule has 0 aromatic heterocycles. The predicted molar refractivity (Wildman–Crippen MR) is 83.0 cm³/mol. The van der Waals surface area contributed by atoms with E-state index in [4.69, 9.17) is 5.26 Å². The lowest BCUT2D eigenvalue weighted by atomic mass is 9.94. The number of hydrogen-bond donors (Lipinski definition) is 1. The van der Waals surface area contributed by atoms with Gasteiger partial charge in [0.2, 0.25) is 0 Å². The fraction of sp³-hybridized carbons (Fsp3) is 0.471. The second-order valence-corrected chi connectivity index (χ2v) is 5.82. The monoisotopic (exact) mass is 320 g/mol. The van der Waals surface area contributed by atoms with Gasteiger partial charge >= 0.3 is 5.97 Å². The molecular weight excluding hydrogens is 299 g/mol. The van der Waals surface area contributed by atoms with E-state index in [0.717, 1.165) is 5.56 Å². The van der Waals surface area contributed by atoms with Gasteiger partial charge in [-0.25, -0.2) is 9.18 Å². The summed E-state index contributed by atoms with van der Waals surface area (Å²) in [5.41, 5.74) is -2.06. The number of methoxy groups -OCH3 is 1. The molecule has 0 fully saturated rings. The van der Waals surface area contributed by atoms with Gasteiger partial charge < -0.3 is 10.1 Å². The minimum atomic E-state index is -2.86. The van der Waals surface area contributed by atoms with Crippen molar-refractivity contribution in [2.45, 2.75) is 38.9 Å². The molecule has 0 aliphatic carbocycles. The minimum absolute atomic E-state index is 0.0729. The molecule has 2 atom stereocenters. The van der Waals surface area contributed by atoms with Crippen LogP contribution in [-0.2, 0) is 20.0 Å². The van der Waals surface area contributed by atoms with E-state index in [1.807, 2.05) is 20.8 Å². The Morgan fingerprint density at radius 1 is 1.35 bits per heavy atom. The Morgan fingerprint density at radius 3 is 2.35 bits per heavy atom. The maximum absolute atomic E-state index is 14.9. The van der Waals surface area contributed by atoms with Crippen molar-refractivity contribution in [3.63, 3.8) is 0 Å². The molecule has 1 rings (SSSR count). The molecule has 1 N–H and O–H groups in total. The van der Waals surface area contributed by atoms with Crippen LogP contribution in [0.25, 0.3) is 0 Å². The van der Waals surface area contributed by atoms with Crippen LogP contribution in [0.5, 0.6) is 0 Å². The number of halogens is 1. The van der Waals surface area contributed by atoms with Gasteiger partial charge in [0.1, 0.15) is 12.1 Å². The van der Waals surface area contributed by atoms with E-state index in [2.05, 4.69) is 10.1 Å². The summed E-state index contributed by atoms with van der Waals surface area (Å²) < 4.78 is 19.5. The molecule has 6 heteroatoms. The Morgan fingerprint density at radius 2 is 1.91 bits per heavy atom. The van der Waals surface area contributed by atoms with E-state index >= 15 is 0 Å². The van der Waals surface area contributed by atoms with Gasteiger partial charge in [-0.2, -0.15) is 5.26 Å². The lowest BCUT2D eigenvalue weighted by molar-refractivity contribution is -0.147. The van der Waals surface area contributed by atoms with E-state index in [-0.39, 0.29) is 17.9 Å². The third-order valence-electron chi connectivity index (χ3n) is 3.41. The molecule has 1 aromatic carbocycles. The molecule has 0 spiro atoms. The Kier molecular flexibility index (Phi) is 6.26. The standard InChI is InChI=1S/C17H21FN2O3/c1-11(2)9-14(15(21)23-4)20-16(22)17(18,10-19)13-7-5-12(3)6-8-13/h5-8,11,14H,9H2,1-4H3,(H,20,22). The van der Waals surface area contributed by atoms with Crippen LogP contribution in [0.15, 0.2) is 24.3 Å². The Hall–Kier alpha value is -2.42. The Bertz CT molecular complexity index is 607. The number of aryl methyl sites for hydroxylation is 1. The second kappa shape index (κ2) is 7.73. The number of nitrogens with one attached hydrogen (secondary N) is 1. The highest BCUT2D eigenvalue weighted by Crippen LogP contribution is 2.26. The second-order valence-electron chi connectivity index (χ2n) is 5.82. The Labute approximate surface area is 135 Å². The van der Waals surface area contributed by atoms with Crippen LogP contribution in [0.4, 0.5) is 4.39 Å². The highest BCUT2D eigenvalue weighted by Gasteiger charge is 2.43. The van der Waals surface area contributed by atoms with Crippen LogP contribution in [0.1, 0.15) is 31.4 Å². The number of amides is 1. The number of benzene rings is 1. The number of alkyl halides is 1. The molecule has 0 aliphatic rings. The first kappa shape index (κ1) is 18.6. The van der Waals surface area contributed by atoms with Crippen molar-refractivity contribution < 1.29 is 18.7 Å². The summed E-state index contributed by atoms with van der Waals surface area (Å²) in [5.74, 6) is -1.76. The topological polar surface area (TPSA) is 79.2 Å². The molecular formula is C17H21FN2O3. The maximum Gasteiger partial charge on any atom is 0.328 e. The predicted octanol–water partition coefficient (Wildman–Crippen LogP) is 2.39. The molecule has 1 amide bonds. The zero-order chi connectivity index (χ0) is 17.6. The average molecular weight is 320 g/mol. The largest absolute Gasteiger partial charge is 0.467 e. The number of nitriles is 1. The van der Waals surface area contributed by atoms with Crippen molar-refractivity contribution in [3.05, 3.63) is 35.4 Å². The normalized spacial score (nSPS) is 14.5. The highest BCUT2D eigenvalue weighted by atomic mass is 19.1. The van der Waals surface area contributed by atoms with Crippen LogP contribution < -0.4 is 5.32 Å². The van der Waals surface area contributed by atoms with Crippen LogP contribution in [-0.4, -0.2) is 25.0 Å². The summed E-state index contributed by atoms with van der Waals surface area (Å²) >= 11 is 0. The minimum Gasteiger partial charge on any atom is -0.467 e. The van der Waals surface area contributed by atoms with Crippen LogP contribution in [0.3, 0.4) is 0 Å². The van der Waals surface area contributed by atoms with Gasteiger partial charge in [0, 0.05) is 5.56 Å². The lowest BCUT2D eigenvalue weighted by Gasteiger charge is -2.23. The van der Waals surface area contributed by atoms with Crippen LogP contribution in [0, 0.1) is 24.2 Å². The highest BCUT2D eigenvalue weighted by molar-refractivity contribution is 5.92. The van der Waals surface area contributed by atoms with E-state index in [9.17, 15) is 14.0 Å². The zero-order valence-electron chi connectivity index (χ0n) is 13.7. The van der Waals surface area contributed by atoms with Gasteiger partial charge in [0.15, 0.2) is 0 Å². The fourth-order valence-corrected chi connectivity index (χ4v) is 2.12. The number of rotatable bonds is 6. The summed E-state index contributed by atoms with van der Waals surface area (Å²) in [6.07, 6.45) is 0.286. The van der Waals surface area contributed by atoms with Gasteiger partial charge in [0.25, 0.3) is 11.6 Å². The van der Waals surface area contributed by atoms with Gasteiger partial charge in [-0.05, 0) is 19.3 Å². The number of carbonyl (C=O) groups is 2. The number of esters is 1. The van der Waals surface area contributed by atoms with Gasteiger partial charge in [0.05, 0.1) is 7.11 Å². The van der Waals surface area contributed by atoms with E-state index < -0.39 is 23.6 Å². The van der Waals surface area contributed by atoms with Crippen molar-refractivity contribution >= 4 is 11.9 Å². The first-order valence-corrected chi connectivity index (χ1v) is 7.30. The van der Waals surface area contributed by atoms with Crippen molar-refractivity contribution in [1.82, 2.24) is 5.32 Å². The molecule has 0 bridgehead atoms. The first-order valence-electron chi connectivity index (χ1n) is 7.30. The summed E-state index contributed by atoms with van der Waals surface area (Å²) in [6, 6.07) is 6.39. The molecule has 0 radical (unpaired) electrons. The van der Waals surface area contributed by atoms with E-state index in [1.54, 1.807) is 12.1 Å². The molecule has 124 valence electrons. The van der Waals surface area contributed by atoms with Crippen molar-refractivity contribution in [3.8, 4) is 6.07 Å². The van der Waals surface area contributed by atoms with Gasteiger partial charge in [-0.15, -0.1) is 0 Å². The fourth-order valence-electron chi connectivity index (χ4n) is 2.12. The van der Waals surface area contributed by atoms with Crippen molar-refractivity contribution in [2.24, 2.45) is 5.92 Å². The maximum atomic E-state index is 14.9. The number of carbonyl (C=O) groups excluding carboxylic acids is 2. The summed E-state index contributed by atoms with van der Waals surface area (Å²) in [7, 11) is 1.19. The molecule has 23 heavy (non-hydrogen) atoms. The van der Waals surface area contributed by atoms with Crippen LogP contribution in [0.2, 0.25) is 0 Å². The van der Waals surface area contributed by atoms with E-state index in [0.29, 0.717) is 0 Å². The molecule has 2 unspecified atom stereocenters. The smallest absolute Gasteiger partial charge is 0.328 e. The molecule has 0 saturated carbocycles. The molecule has 0 heterocycles. The first-order chi connectivity index (χ1) is 10.7. The Balaban J connectivity index is 3.05. The van der Waals surface area contributed by atoms with Crippen molar-refractivity contribution in [2.75, 3.05) is 7.11 Å². The number of ether oxygens (including phenoxy) is 1. The van der Waals surface area contributed by atoms with E-state index in [1.165, 1.54) is 25.3 Å². The third-order valence-corrected chi connectivity index (χ3v) is 3.41. The molecule has 1 aromatic rings. The summed E-state index contributed by atoms with van der Waals surface area (Å²) in [5, 5.41) is 11.5. The lowest BCUT2D eigenvalue weighted by Crippen LogP contribution is -2.49. The van der Waals surface area contributed by atoms with Gasteiger partial charge in [-0.3, -0.25) is 4.79 Å². The summed E-state index contributed by atoms with van der Waals surface area (Å²) in [6.45, 7) is 5.52. The molecule has 0 aliphatic heterocycles. The summed E-state index contributed by atoms with van der Waals surface area (Å²) in [4.78, 5) is 24.0. The number of nitrogens with zero attached hydrogens (tertiary/aromatic N) is 1. The van der Waals surface area contributed by atoms with Crippen LogP contribution >= 0.6 is 0 Å². The third kappa shape index (κ3) is 4.52. The average Bonchev–Trinajstić information content (AvgIpc) is 2.52. The molecule has 5 nitrogen and oxygen atoms in total. The van der Waals surface area contributed by atoms with Crippen molar-refractivity contribution in [1.29, 1.82) is 5.26 Å². The zero-order valence-corrected chi connectivity index (χ0v) is 13.7. The number of hydrogen-bond acceptors (Lipinski definition) is 4. The molecule has 0 saturated heterocycles. The van der Waals surface area contributed by atoms with Gasteiger partial charge in [-0.1, -0.05) is 43.7 Å². The quantitative estimate of drug-likeness (QED) is 0.816. The SMILES string of the molecule is COC(=O)C(CC(C)C)NC(=O)C(F)(C#N)c1ccc(C)cc1.